The number of carbonyl (C=O) groups excluding carboxylic acids is 2. The molecule has 2 heterocycles. The van der Waals surface area contributed by atoms with Gasteiger partial charge in [0.2, 0.25) is 5.91 Å². The third-order valence-electron chi connectivity index (χ3n) is 6.91. The minimum atomic E-state index is -4.50. The van der Waals surface area contributed by atoms with E-state index < -0.39 is 34.4 Å². The van der Waals surface area contributed by atoms with Crippen LogP contribution in [-0.2, 0) is 34.9 Å². The van der Waals surface area contributed by atoms with Crippen LogP contribution in [0.2, 0.25) is 0 Å². The topological polar surface area (TPSA) is 113 Å². The van der Waals surface area contributed by atoms with Crippen molar-refractivity contribution >= 4 is 22.8 Å². The molecule has 214 valence electrons. The molecule has 0 saturated heterocycles. The van der Waals surface area contributed by atoms with Gasteiger partial charge in [0, 0.05) is 38.8 Å². The molecule has 8 nitrogen and oxygen atoms in total. The predicted molar refractivity (Wildman–Crippen MR) is 141 cm³/mol. The molecule has 2 aliphatic heterocycles. The highest BCUT2D eigenvalue weighted by molar-refractivity contribution is 7.82. The van der Waals surface area contributed by atoms with Gasteiger partial charge in [0.25, 0.3) is 5.91 Å². The summed E-state index contributed by atoms with van der Waals surface area (Å²) in [6.45, 7) is 2.94. The predicted octanol–water partition coefficient (Wildman–Crippen LogP) is 3.26. The zero-order valence-corrected chi connectivity index (χ0v) is 22.5. The number of nitrogens with two attached hydrogens (primary N) is 2. The molecule has 4 rings (SSSR count). The first-order valence-electron chi connectivity index (χ1n) is 12.4. The Bertz CT molecular complexity index is 1390. The van der Waals surface area contributed by atoms with Gasteiger partial charge >= 0.3 is 6.18 Å². The van der Waals surface area contributed by atoms with Crippen molar-refractivity contribution in [2.24, 2.45) is 11.0 Å². The molecule has 2 aromatic rings. The molecule has 2 amide bonds. The van der Waals surface area contributed by atoms with E-state index in [1.54, 1.807) is 24.1 Å². The van der Waals surface area contributed by atoms with Crippen molar-refractivity contribution < 1.29 is 31.4 Å². The first-order valence-corrected chi connectivity index (χ1v) is 13.6. The van der Waals surface area contributed by atoms with Crippen molar-refractivity contribution in [1.29, 1.82) is 0 Å². The van der Waals surface area contributed by atoms with Crippen molar-refractivity contribution in [3.05, 3.63) is 87.9 Å². The summed E-state index contributed by atoms with van der Waals surface area (Å²) in [4.78, 5) is 29.1. The lowest BCUT2D eigenvalue weighted by Crippen LogP contribution is -2.36. The molecule has 2 aliphatic rings. The van der Waals surface area contributed by atoms with E-state index in [4.69, 9.17) is 11.0 Å². The lowest BCUT2D eigenvalue weighted by atomic mass is 9.99. The maximum Gasteiger partial charge on any atom is 0.416 e. The Labute approximate surface area is 231 Å². The molecule has 0 aliphatic carbocycles. The third kappa shape index (κ3) is 6.60. The molecule has 40 heavy (non-hydrogen) atoms. The lowest BCUT2D eigenvalue weighted by Gasteiger charge is -2.24. The highest BCUT2D eigenvalue weighted by Crippen LogP contribution is 2.32. The van der Waals surface area contributed by atoms with Gasteiger partial charge in [-0.25, -0.2) is 19.6 Å². The minimum Gasteiger partial charge on any atom is -0.335 e. The number of hydrogen-bond donors (Lipinski definition) is 2. The van der Waals surface area contributed by atoms with Crippen LogP contribution in [0.4, 0.5) is 17.6 Å². The average molecular weight is 580 g/mol. The second-order valence-electron chi connectivity index (χ2n) is 9.69. The Balaban J connectivity index is 1.36. The fourth-order valence-corrected chi connectivity index (χ4v) is 5.32. The van der Waals surface area contributed by atoms with Crippen LogP contribution in [0.3, 0.4) is 0 Å². The highest BCUT2D eigenvalue weighted by atomic mass is 32.2. The van der Waals surface area contributed by atoms with Crippen molar-refractivity contribution in [3.8, 4) is 0 Å². The Morgan fingerprint density at radius 2 is 1.68 bits per heavy atom. The van der Waals surface area contributed by atoms with E-state index in [0.717, 1.165) is 29.3 Å². The first-order chi connectivity index (χ1) is 18.9. The smallest absolute Gasteiger partial charge is 0.335 e. The van der Waals surface area contributed by atoms with Gasteiger partial charge in [-0.2, -0.15) is 13.2 Å². The summed E-state index contributed by atoms with van der Waals surface area (Å²) < 4.78 is 65.6. The molecule has 1 unspecified atom stereocenters. The number of carbonyl (C=O) groups is 2. The molecule has 4 N–H and O–H groups in total. The maximum absolute atomic E-state index is 14.4. The van der Waals surface area contributed by atoms with Gasteiger partial charge in [-0.1, -0.05) is 12.1 Å². The number of aryl methyl sites for hydroxylation is 1. The minimum absolute atomic E-state index is 0.0502. The summed E-state index contributed by atoms with van der Waals surface area (Å²) in [6, 6.07) is 7.04. The summed E-state index contributed by atoms with van der Waals surface area (Å²) in [5.41, 5.74) is 1.86. The van der Waals surface area contributed by atoms with Gasteiger partial charge in [0.05, 0.1) is 22.6 Å². The Morgan fingerprint density at radius 1 is 1.02 bits per heavy atom. The van der Waals surface area contributed by atoms with Crippen LogP contribution in [0.25, 0.3) is 0 Å². The Hall–Kier alpha value is -3.55. The molecule has 0 radical (unpaired) electrons. The highest BCUT2D eigenvalue weighted by Gasteiger charge is 2.35. The number of alkyl halides is 3. The van der Waals surface area contributed by atoms with Crippen LogP contribution < -0.4 is 11.0 Å². The van der Waals surface area contributed by atoms with Crippen LogP contribution in [0.1, 0.15) is 40.4 Å². The number of benzene rings is 2. The summed E-state index contributed by atoms with van der Waals surface area (Å²) >= 11 is 0. The third-order valence-corrected chi connectivity index (χ3v) is 7.62. The van der Waals surface area contributed by atoms with Crippen LogP contribution >= 0.6 is 0 Å². The van der Waals surface area contributed by atoms with E-state index in [9.17, 15) is 31.4 Å². The molecular formula is C27H29F4N5O3S. The van der Waals surface area contributed by atoms with E-state index in [-0.39, 0.29) is 48.8 Å². The number of hydrogen-bond acceptors (Lipinski definition) is 5. The fraction of sp³-hybridized carbons (Fsp3) is 0.333. The average Bonchev–Trinajstić information content (AvgIpc) is 3.46. The normalized spacial score (nSPS) is 16.2. The quantitative estimate of drug-likeness (QED) is 0.216. The largest absolute Gasteiger partial charge is 0.416 e. The molecule has 0 bridgehead atoms. The number of halogens is 4. The van der Waals surface area contributed by atoms with E-state index >= 15 is 0 Å². The number of rotatable bonds is 8. The Kier molecular flexibility index (Phi) is 8.76. The molecule has 0 saturated carbocycles. The summed E-state index contributed by atoms with van der Waals surface area (Å²) in [5, 5.41) is 6.54. The second-order valence-corrected chi connectivity index (χ2v) is 10.8. The Morgan fingerprint density at radius 3 is 2.25 bits per heavy atom. The lowest BCUT2D eigenvalue weighted by molar-refractivity contribution is -0.137. The summed E-state index contributed by atoms with van der Waals surface area (Å²) in [5.74, 6) is 4.39. The molecular weight excluding hydrogens is 550 g/mol. The number of hydrazine groups is 1. The van der Waals surface area contributed by atoms with E-state index in [2.05, 4.69) is 0 Å². The van der Waals surface area contributed by atoms with Crippen LogP contribution in [0, 0.1) is 5.82 Å². The van der Waals surface area contributed by atoms with Crippen molar-refractivity contribution in [2.75, 3.05) is 26.2 Å². The zero-order valence-electron chi connectivity index (χ0n) is 21.7. The van der Waals surface area contributed by atoms with Crippen molar-refractivity contribution in [1.82, 2.24) is 14.8 Å². The summed E-state index contributed by atoms with van der Waals surface area (Å²) in [6.07, 6.45) is -0.949. The van der Waals surface area contributed by atoms with Gasteiger partial charge in [0.15, 0.2) is 0 Å². The van der Waals surface area contributed by atoms with Gasteiger partial charge in [-0.3, -0.25) is 9.59 Å². The van der Waals surface area contributed by atoms with Gasteiger partial charge in [0.1, 0.15) is 16.8 Å². The standard InChI is InChI=1S/C27H29F4N5O3S/c1-2-9-36(32)16-18-10-21(27(29,30)31)5-3-17(18)4-8-25(37)34-12-19-14-35(15-20(19)13-34)26(38)23-7-6-22(40(33)39)11-24(23)28/h2-3,5-7,9-11H,4,8,12-16,32-33H2,1H3/b9-2+. The van der Waals surface area contributed by atoms with E-state index in [1.165, 1.54) is 28.1 Å². The van der Waals surface area contributed by atoms with Crippen LogP contribution in [-0.4, -0.2) is 57.0 Å². The molecule has 13 heteroatoms. The molecule has 1 atom stereocenters. The molecule has 0 fully saturated rings. The SMILES string of the molecule is C/C=C/N(N)Cc1cc(C(F)(F)F)ccc1CCC(=O)N1CC2=C(C1)CN(C(=O)c1ccc(S(N)=O)cc1F)C2. The monoisotopic (exact) mass is 579 g/mol. The summed E-state index contributed by atoms with van der Waals surface area (Å²) in [7, 11) is -1.87. The fourth-order valence-electron chi connectivity index (χ4n) is 4.90. The first kappa shape index (κ1) is 29.4. The zero-order chi connectivity index (χ0) is 29.2. The van der Waals surface area contributed by atoms with Crippen molar-refractivity contribution in [2.45, 2.75) is 37.4 Å². The van der Waals surface area contributed by atoms with E-state index in [1.807, 2.05) is 0 Å². The maximum atomic E-state index is 14.4. The number of nitrogens with zero attached hydrogens (tertiary/aromatic N) is 3. The van der Waals surface area contributed by atoms with Crippen molar-refractivity contribution in [3.63, 3.8) is 0 Å². The number of amides is 2. The van der Waals surface area contributed by atoms with Gasteiger partial charge in [-0.05, 0) is 65.9 Å². The van der Waals surface area contributed by atoms with Crippen LogP contribution in [0.5, 0.6) is 0 Å². The molecule has 2 aromatic carbocycles. The number of allylic oxidation sites excluding steroid dienone is 1. The second kappa shape index (κ2) is 11.9. The van der Waals surface area contributed by atoms with Gasteiger partial charge in [-0.15, -0.1) is 0 Å². The van der Waals surface area contributed by atoms with E-state index in [0.29, 0.717) is 24.2 Å². The van der Waals surface area contributed by atoms with Gasteiger partial charge < -0.3 is 14.8 Å². The molecule has 0 aromatic heterocycles. The van der Waals surface area contributed by atoms with Crippen LogP contribution in [0.15, 0.2) is 64.7 Å². The molecule has 0 spiro atoms.